The summed E-state index contributed by atoms with van der Waals surface area (Å²) < 4.78 is 0. The first-order valence-electron chi connectivity index (χ1n) is 6.82. The minimum Gasteiger partial charge on any atom is -0.479 e. The number of rotatable bonds is 3. The Balaban J connectivity index is 2.06. The maximum absolute atomic E-state index is 12.2. The highest BCUT2D eigenvalue weighted by Gasteiger charge is 2.31. The van der Waals surface area contributed by atoms with Gasteiger partial charge in [0.05, 0.1) is 0 Å². The third-order valence-electron chi connectivity index (χ3n) is 3.92. The predicted octanol–water partition coefficient (Wildman–Crippen LogP) is 2.11. The first kappa shape index (κ1) is 14.4. The molecule has 2 N–H and O–H groups in total. The number of carbonyl (C=O) groups excluding carboxylic acids is 1. The standard InChI is InChI=1S/C15H20N2O3/c1-10-8-17(9-11(10)2)15(20)16-13(14(18)19)12-6-4-3-5-7-12/h3-7,10-11,13H,8-9H2,1-2H3,(H,16,20)(H,18,19). The molecule has 20 heavy (non-hydrogen) atoms. The maximum atomic E-state index is 12.2. The molecular weight excluding hydrogens is 256 g/mol. The van der Waals surface area contributed by atoms with Crippen LogP contribution in [-0.4, -0.2) is 35.1 Å². The molecule has 0 radical (unpaired) electrons. The number of carboxylic acids is 1. The van der Waals surface area contributed by atoms with E-state index in [9.17, 15) is 14.7 Å². The van der Waals surface area contributed by atoms with Crippen molar-refractivity contribution in [3.8, 4) is 0 Å². The highest BCUT2D eigenvalue weighted by Crippen LogP contribution is 2.22. The zero-order valence-electron chi connectivity index (χ0n) is 11.7. The van der Waals surface area contributed by atoms with Gasteiger partial charge in [0, 0.05) is 13.1 Å². The third kappa shape index (κ3) is 3.10. The van der Waals surface area contributed by atoms with Gasteiger partial charge in [-0.3, -0.25) is 0 Å². The maximum Gasteiger partial charge on any atom is 0.330 e. The lowest BCUT2D eigenvalue weighted by atomic mass is 10.0. The second kappa shape index (κ2) is 5.94. The van der Waals surface area contributed by atoms with Gasteiger partial charge in [-0.25, -0.2) is 9.59 Å². The van der Waals surface area contributed by atoms with Gasteiger partial charge < -0.3 is 15.3 Å². The van der Waals surface area contributed by atoms with E-state index < -0.39 is 12.0 Å². The first-order valence-corrected chi connectivity index (χ1v) is 6.82. The second-order valence-electron chi connectivity index (χ2n) is 5.49. The number of carbonyl (C=O) groups is 2. The fourth-order valence-corrected chi connectivity index (χ4v) is 2.44. The van der Waals surface area contributed by atoms with Crippen molar-refractivity contribution in [2.75, 3.05) is 13.1 Å². The van der Waals surface area contributed by atoms with Gasteiger partial charge in [-0.15, -0.1) is 0 Å². The van der Waals surface area contributed by atoms with Crippen LogP contribution in [0, 0.1) is 11.8 Å². The summed E-state index contributed by atoms with van der Waals surface area (Å²) in [5.41, 5.74) is 0.577. The van der Waals surface area contributed by atoms with Crippen LogP contribution < -0.4 is 5.32 Å². The lowest BCUT2D eigenvalue weighted by Gasteiger charge is -2.21. The van der Waals surface area contributed by atoms with Gasteiger partial charge in [-0.05, 0) is 17.4 Å². The van der Waals surface area contributed by atoms with Gasteiger partial charge in [-0.2, -0.15) is 0 Å². The normalized spacial score (nSPS) is 23.4. The fourth-order valence-electron chi connectivity index (χ4n) is 2.44. The van der Waals surface area contributed by atoms with Crippen LogP contribution in [0.15, 0.2) is 30.3 Å². The van der Waals surface area contributed by atoms with Crippen LogP contribution in [0.5, 0.6) is 0 Å². The Morgan fingerprint density at radius 1 is 1.20 bits per heavy atom. The van der Waals surface area contributed by atoms with E-state index in [4.69, 9.17) is 0 Å². The van der Waals surface area contributed by atoms with Gasteiger partial charge in [0.2, 0.25) is 0 Å². The summed E-state index contributed by atoms with van der Waals surface area (Å²) in [6.07, 6.45) is 0. The van der Waals surface area contributed by atoms with Crippen LogP contribution >= 0.6 is 0 Å². The van der Waals surface area contributed by atoms with Crippen molar-refractivity contribution in [1.82, 2.24) is 10.2 Å². The number of hydrogen-bond acceptors (Lipinski definition) is 2. The first-order chi connectivity index (χ1) is 9.49. The Hall–Kier alpha value is -2.04. The number of likely N-dealkylation sites (tertiary alicyclic amines) is 1. The number of benzene rings is 1. The molecule has 0 saturated carbocycles. The van der Waals surface area contributed by atoms with E-state index in [-0.39, 0.29) is 6.03 Å². The second-order valence-corrected chi connectivity index (χ2v) is 5.49. The van der Waals surface area contributed by atoms with Crippen LogP contribution in [0.1, 0.15) is 25.5 Å². The molecule has 1 aromatic rings. The Kier molecular flexibility index (Phi) is 4.27. The Labute approximate surface area is 118 Å². The number of nitrogens with zero attached hydrogens (tertiary/aromatic N) is 1. The molecule has 5 nitrogen and oxygen atoms in total. The molecule has 0 aromatic heterocycles. The van der Waals surface area contributed by atoms with Gasteiger partial charge in [-0.1, -0.05) is 44.2 Å². The van der Waals surface area contributed by atoms with E-state index in [0.29, 0.717) is 30.5 Å². The molecule has 108 valence electrons. The van der Waals surface area contributed by atoms with E-state index in [1.54, 1.807) is 29.2 Å². The summed E-state index contributed by atoms with van der Waals surface area (Å²) in [5.74, 6) is -0.161. The molecule has 1 fully saturated rings. The van der Waals surface area contributed by atoms with Gasteiger partial charge in [0.1, 0.15) is 0 Å². The number of amides is 2. The van der Waals surface area contributed by atoms with Crippen molar-refractivity contribution in [2.45, 2.75) is 19.9 Å². The summed E-state index contributed by atoms with van der Waals surface area (Å²) >= 11 is 0. The van der Waals surface area contributed by atoms with Crippen LogP contribution in [0.3, 0.4) is 0 Å². The minimum absolute atomic E-state index is 0.308. The van der Waals surface area contributed by atoms with Crippen molar-refractivity contribution in [3.63, 3.8) is 0 Å². The Morgan fingerprint density at radius 2 is 1.75 bits per heavy atom. The molecule has 1 saturated heterocycles. The molecule has 1 aromatic carbocycles. The summed E-state index contributed by atoms with van der Waals surface area (Å²) in [6, 6.07) is 7.43. The molecule has 3 atom stereocenters. The molecule has 1 aliphatic heterocycles. The molecule has 0 aliphatic carbocycles. The van der Waals surface area contributed by atoms with E-state index in [0.717, 1.165) is 0 Å². The molecule has 0 spiro atoms. The molecule has 2 rings (SSSR count). The largest absolute Gasteiger partial charge is 0.479 e. The number of nitrogens with one attached hydrogen (secondary N) is 1. The van der Waals surface area contributed by atoms with Crippen LogP contribution in [0.4, 0.5) is 4.79 Å². The topological polar surface area (TPSA) is 69.6 Å². The van der Waals surface area contributed by atoms with E-state index in [2.05, 4.69) is 19.2 Å². The summed E-state index contributed by atoms with van der Waals surface area (Å²) in [6.45, 7) is 5.55. The lowest BCUT2D eigenvalue weighted by Crippen LogP contribution is -2.42. The molecule has 0 bridgehead atoms. The monoisotopic (exact) mass is 276 g/mol. The quantitative estimate of drug-likeness (QED) is 0.888. The zero-order chi connectivity index (χ0) is 14.7. The van der Waals surface area contributed by atoms with Gasteiger partial charge >= 0.3 is 12.0 Å². The third-order valence-corrected chi connectivity index (χ3v) is 3.92. The fraction of sp³-hybridized carbons (Fsp3) is 0.467. The number of hydrogen-bond donors (Lipinski definition) is 2. The Bertz CT molecular complexity index is 479. The number of aliphatic carboxylic acids is 1. The lowest BCUT2D eigenvalue weighted by molar-refractivity contribution is -0.139. The van der Waals surface area contributed by atoms with E-state index in [1.165, 1.54) is 0 Å². The van der Waals surface area contributed by atoms with Crippen LogP contribution in [0.2, 0.25) is 0 Å². The summed E-state index contributed by atoms with van der Waals surface area (Å²) in [4.78, 5) is 25.2. The Morgan fingerprint density at radius 3 is 2.25 bits per heavy atom. The average Bonchev–Trinajstić information content (AvgIpc) is 2.76. The van der Waals surface area contributed by atoms with Crippen molar-refractivity contribution in [2.24, 2.45) is 11.8 Å². The van der Waals surface area contributed by atoms with E-state index >= 15 is 0 Å². The van der Waals surface area contributed by atoms with Crippen molar-refractivity contribution >= 4 is 12.0 Å². The SMILES string of the molecule is CC1CN(C(=O)NC(C(=O)O)c2ccccc2)CC1C. The number of urea groups is 1. The number of carboxylic acid groups (broad SMARTS) is 1. The summed E-state index contributed by atoms with van der Waals surface area (Å²) in [7, 11) is 0. The minimum atomic E-state index is -1.05. The molecular formula is C15H20N2O3. The van der Waals surface area contributed by atoms with Crippen molar-refractivity contribution in [3.05, 3.63) is 35.9 Å². The highest BCUT2D eigenvalue weighted by atomic mass is 16.4. The van der Waals surface area contributed by atoms with E-state index in [1.807, 2.05) is 6.07 Å². The van der Waals surface area contributed by atoms with Crippen LogP contribution in [0.25, 0.3) is 0 Å². The van der Waals surface area contributed by atoms with Crippen molar-refractivity contribution < 1.29 is 14.7 Å². The predicted molar refractivity (Wildman–Crippen MR) is 75.3 cm³/mol. The highest BCUT2D eigenvalue weighted by molar-refractivity contribution is 5.83. The zero-order valence-corrected chi connectivity index (χ0v) is 11.7. The molecule has 5 heteroatoms. The van der Waals surface area contributed by atoms with Gasteiger partial charge in [0.15, 0.2) is 6.04 Å². The molecule has 1 heterocycles. The van der Waals surface area contributed by atoms with Crippen molar-refractivity contribution in [1.29, 1.82) is 0 Å². The van der Waals surface area contributed by atoms with Crippen LogP contribution in [-0.2, 0) is 4.79 Å². The van der Waals surface area contributed by atoms with Gasteiger partial charge in [0.25, 0.3) is 0 Å². The molecule has 3 unspecified atom stereocenters. The smallest absolute Gasteiger partial charge is 0.330 e. The summed E-state index contributed by atoms with van der Waals surface area (Å²) in [5, 5.41) is 11.9. The molecule has 2 amide bonds. The molecule has 1 aliphatic rings. The average molecular weight is 276 g/mol.